The van der Waals surface area contributed by atoms with Crippen LogP contribution in [0, 0.1) is 5.92 Å². The number of amides is 4. The first-order valence-electron chi connectivity index (χ1n) is 15.7. The molecule has 2 unspecified atom stereocenters. The van der Waals surface area contributed by atoms with Crippen LogP contribution in [0.5, 0.6) is 0 Å². The number of benzene rings is 1. The van der Waals surface area contributed by atoms with Crippen LogP contribution >= 0.6 is 0 Å². The maximum atomic E-state index is 13.7. The topological polar surface area (TPSA) is 166 Å². The van der Waals surface area contributed by atoms with Crippen molar-refractivity contribution in [3.8, 4) is 0 Å². The lowest BCUT2D eigenvalue weighted by molar-refractivity contribution is -0.132. The van der Waals surface area contributed by atoms with Gasteiger partial charge in [0, 0.05) is 19.4 Å². The number of hydrogen-bond acceptors (Lipinski definition) is 7. The fourth-order valence-corrected chi connectivity index (χ4v) is 5.74. The lowest BCUT2D eigenvalue weighted by atomic mass is 9.82. The van der Waals surface area contributed by atoms with Crippen molar-refractivity contribution >= 4 is 23.8 Å². The first kappa shape index (κ1) is 34.3. The molecule has 6 N–H and O–H groups in total. The van der Waals surface area contributed by atoms with E-state index in [-0.39, 0.29) is 31.6 Å². The van der Waals surface area contributed by atoms with Crippen molar-refractivity contribution < 1.29 is 34.1 Å². The minimum atomic E-state index is -1.20. The fourth-order valence-electron chi connectivity index (χ4n) is 5.74. The summed E-state index contributed by atoms with van der Waals surface area (Å²) in [7, 11) is 0. The van der Waals surface area contributed by atoms with Gasteiger partial charge in [0.15, 0.2) is 0 Å². The standard InChI is InChI=1S/C32H50N4O7/c1-32(2,3)43-31(42)36-25(20-22-13-8-5-9-14-22)30(41)34-23-16-17-27(38)33-18-10-15-26(37)28(39)24(35-29(23)40)19-21-11-6-4-7-12-21/h5,8-9,13-14,21,23-26,28,37,39H,4,6-7,10-12,15-20H2,1-3H3,(H,33,38)(H,34,41)(H,35,40)(H,36,42)/t23?,24?,25-,26+,28+/m0/s1. The summed E-state index contributed by atoms with van der Waals surface area (Å²) in [6.07, 6.45) is 3.69. The van der Waals surface area contributed by atoms with E-state index in [2.05, 4.69) is 21.3 Å². The summed E-state index contributed by atoms with van der Waals surface area (Å²) in [6, 6.07) is 6.26. The summed E-state index contributed by atoms with van der Waals surface area (Å²) in [6.45, 7) is 5.48. The molecule has 1 aliphatic heterocycles. The smallest absolute Gasteiger partial charge is 0.408 e. The summed E-state index contributed by atoms with van der Waals surface area (Å²) >= 11 is 0. The minimum absolute atomic E-state index is 0.0143. The Balaban J connectivity index is 1.82. The highest BCUT2D eigenvalue weighted by atomic mass is 16.6. The molecule has 0 spiro atoms. The van der Waals surface area contributed by atoms with Gasteiger partial charge in [-0.1, -0.05) is 62.4 Å². The van der Waals surface area contributed by atoms with E-state index >= 15 is 0 Å². The normalized spacial score (nSPS) is 25.5. The Hall–Kier alpha value is -3.18. The molecule has 1 aromatic rings. The van der Waals surface area contributed by atoms with E-state index < -0.39 is 53.8 Å². The first-order valence-corrected chi connectivity index (χ1v) is 15.7. The van der Waals surface area contributed by atoms with Gasteiger partial charge in [-0.2, -0.15) is 0 Å². The van der Waals surface area contributed by atoms with Gasteiger partial charge in [-0.15, -0.1) is 0 Å². The third-order valence-corrected chi connectivity index (χ3v) is 8.03. The zero-order valence-electron chi connectivity index (χ0n) is 25.8. The Labute approximate surface area is 254 Å². The van der Waals surface area contributed by atoms with Crippen LogP contribution in [0.4, 0.5) is 4.79 Å². The molecule has 1 saturated carbocycles. The average Bonchev–Trinajstić information content (AvgIpc) is 2.96. The second-order valence-electron chi connectivity index (χ2n) is 12.9. The van der Waals surface area contributed by atoms with Crippen LogP contribution in [0.3, 0.4) is 0 Å². The molecule has 2 fully saturated rings. The van der Waals surface area contributed by atoms with Gasteiger partial charge in [0.2, 0.25) is 17.7 Å². The van der Waals surface area contributed by atoms with Gasteiger partial charge in [-0.3, -0.25) is 14.4 Å². The molecule has 1 aliphatic carbocycles. The maximum Gasteiger partial charge on any atom is 0.408 e. The molecule has 4 amide bonds. The Kier molecular flexibility index (Phi) is 13.3. The van der Waals surface area contributed by atoms with Crippen LogP contribution in [0.1, 0.15) is 90.5 Å². The van der Waals surface area contributed by atoms with Crippen molar-refractivity contribution in [1.82, 2.24) is 21.3 Å². The zero-order valence-corrected chi connectivity index (χ0v) is 25.8. The molecular weight excluding hydrogens is 552 g/mol. The Morgan fingerprint density at radius 1 is 1.00 bits per heavy atom. The summed E-state index contributed by atoms with van der Waals surface area (Å²) in [5, 5.41) is 32.9. The van der Waals surface area contributed by atoms with Gasteiger partial charge in [0.05, 0.1) is 18.2 Å². The van der Waals surface area contributed by atoms with Gasteiger partial charge in [-0.25, -0.2) is 4.79 Å². The maximum absolute atomic E-state index is 13.7. The number of carbonyl (C=O) groups excluding carboxylic acids is 4. The quantitative estimate of drug-likeness (QED) is 0.279. The summed E-state index contributed by atoms with van der Waals surface area (Å²) < 4.78 is 5.38. The number of rotatable bonds is 7. The van der Waals surface area contributed by atoms with Gasteiger partial charge < -0.3 is 36.2 Å². The molecule has 0 aromatic heterocycles. The van der Waals surface area contributed by atoms with E-state index in [0.717, 1.165) is 37.7 Å². The highest BCUT2D eigenvalue weighted by molar-refractivity contribution is 5.92. The number of aliphatic hydroxyl groups excluding tert-OH is 2. The van der Waals surface area contributed by atoms with E-state index in [1.807, 2.05) is 30.3 Å². The molecule has 3 rings (SSSR count). The van der Waals surface area contributed by atoms with Crippen LogP contribution in [0.2, 0.25) is 0 Å². The van der Waals surface area contributed by atoms with E-state index in [1.165, 1.54) is 0 Å². The number of ether oxygens (including phenoxy) is 1. The lowest BCUT2D eigenvalue weighted by Gasteiger charge is -2.33. The van der Waals surface area contributed by atoms with E-state index in [4.69, 9.17) is 4.74 Å². The van der Waals surface area contributed by atoms with Gasteiger partial charge in [-0.05, 0) is 57.9 Å². The van der Waals surface area contributed by atoms with Crippen LogP contribution in [0.25, 0.3) is 0 Å². The zero-order chi connectivity index (χ0) is 31.4. The van der Waals surface area contributed by atoms with Crippen LogP contribution in [-0.2, 0) is 25.5 Å². The van der Waals surface area contributed by atoms with E-state index in [9.17, 15) is 29.4 Å². The third kappa shape index (κ3) is 12.1. The van der Waals surface area contributed by atoms with Gasteiger partial charge >= 0.3 is 6.09 Å². The summed E-state index contributed by atoms with van der Waals surface area (Å²) in [5.41, 5.74) is 0.0120. The van der Waals surface area contributed by atoms with E-state index in [1.54, 1.807) is 20.8 Å². The lowest BCUT2D eigenvalue weighted by Crippen LogP contribution is -2.58. The van der Waals surface area contributed by atoms with Crippen LogP contribution in [0.15, 0.2) is 30.3 Å². The molecule has 11 nitrogen and oxygen atoms in total. The number of nitrogens with one attached hydrogen (secondary N) is 4. The summed E-state index contributed by atoms with van der Waals surface area (Å²) in [5.74, 6) is -1.14. The van der Waals surface area contributed by atoms with Crippen molar-refractivity contribution in [2.75, 3.05) is 6.54 Å². The number of carbonyl (C=O) groups is 4. The molecule has 11 heteroatoms. The van der Waals surface area contributed by atoms with Crippen molar-refractivity contribution in [3.63, 3.8) is 0 Å². The SMILES string of the molecule is CC(C)(C)OC(=O)N[C@@H](Cc1ccccc1)C(=O)NC1CCC(=O)NCCC[C@@H](O)[C@H](O)C(CC2CCCCC2)NC1=O. The molecule has 43 heavy (non-hydrogen) atoms. The van der Waals surface area contributed by atoms with Crippen molar-refractivity contribution in [2.45, 2.75) is 127 Å². The molecule has 1 heterocycles. The largest absolute Gasteiger partial charge is 0.444 e. The van der Waals surface area contributed by atoms with Crippen molar-refractivity contribution in [1.29, 1.82) is 0 Å². The molecule has 5 atom stereocenters. The second kappa shape index (κ2) is 16.6. The van der Waals surface area contributed by atoms with Crippen molar-refractivity contribution in [2.24, 2.45) is 5.92 Å². The number of hydrogen-bond donors (Lipinski definition) is 6. The van der Waals surface area contributed by atoms with Crippen LogP contribution in [-0.4, -0.2) is 76.5 Å². The fraction of sp³-hybridized carbons (Fsp3) is 0.688. The molecule has 2 aliphatic rings. The third-order valence-electron chi connectivity index (χ3n) is 8.03. The second-order valence-corrected chi connectivity index (χ2v) is 12.9. The molecule has 0 radical (unpaired) electrons. The Bertz CT molecular complexity index is 1060. The molecule has 240 valence electrons. The summed E-state index contributed by atoms with van der Waals surface area (Å²) in [4.78, 5) is 52.5. The molecule has 1 saturated heterocycles. The van der Waals surface area contributed by atoms with E-state index in [0.29, 0.717) is 25.3 Å². The molecular formula is C32H50N4O7. The number of alkyl carbamates (subject to hydrolysis) is 1. The highest BCUT2D eigenvalue weighted by Crippen LogP contribution is 2.29. The Morgan fingerprint density at radius 2 is 1.70 bits per heavy atom. The van der Waals surface area contributed by atoms with Gasteiger partial charge in [0.1, 0.15) is 17.7 Å². The minimum Gasteiger partial charge on any atom is -0.444 e. The highest BCUT2D eigenvalue weighted by Gasteiger charge is 2.34. The molecule has 1 aromatic carbocycles. The predicted molar refractivity (Wildman–Crippen MR) is 162 cm³/mol. The molecule has 0 bridgehead atoms. The van der Waals surface area contributed by atoms with Gasteiger partial charge in [0.25, 0.3) is 0 Å². The average molecular weight is 603 g/mol. The van der Waals surface area contributed by atoms with Crippen LogP contribution < -0.4 is 21.3 Å². The number of aliphatic hydroxyl groups is 2. The first-order chi connectivity index (χ1) is 20.4. The monoisotopic (exact) mass is 602 g/mol. The Morgan fingerprint density at radius 3 is 2.37 bits per heavy atom. The predicted octanol–water partition coefficient (Wildman–Crippen LogP) is 2.47. The van der Waals surface area contributed by atoms with Crippen molar-refractivity contribution in [3.05, 3.63) is 35.9 Å².